The van der Waals surface area contributed by atoms with Crippen LogP contribution in [0.2, 0.25) is 0 Å². The minimum atomic E-state index is 0.285. The Balaban J connectivity index is 1.63. The molecule has 0 aliphatic rings. The van der Waals surface area contributed by atoms with Gasteiger partial charge in [-0.2, -0.15) is 0 Å². The second kappa shape index (κ2) is 12.5. The number of rotatable bonds is 9. The topological polar surface area (TPSA) is 20.2 Å². The Morgan fingerprint density at radius 1 is 0.366 bits per heavy atom. The van der Waals surface area contributed by atoms with E-state index in [1.807, 2.05) is 12.1 Å². The Labute approximate surface area is 243 Å². The van der Waals surface area contributed by atoms with E-state index in [0.29, 0.717) is 0 Å². The first-order valence-electron chi connectivity index (χ1n) is 14.3. The van der Waals surface area contributed by atoms with Gasteiger partial charge >= 0.3 is 0 Å². The summed E-state index contributed by atoms with van der Waals surface area (Å²) in [5, 5.41) is 10.2. The van der Waals surface area contributed by atoms with Gasteiger partial charge in [-0.25, -0.2) is 0 Å². The van der Waals surface area contributed by atoms with Gasteiger partial charge in [-0.1, -0.05) is 140 Å². The summed E-state index contributed by atoms with van der Waals surface area (Å²) in [7, 11) is 0. The highest BCUT2D eigenvalue weighted by Gasteiger charge is 2.21. The Bertz CT molecular complexity index is 1580. The largest absolute Gasteiger partial charge is 0.508 e. The molecule has 0 spiro atoms. The summed E-state index contributed by atoms with van der Waals surface area (Å²) in [6, 6.07) is 53.4. The number of phenols is 1. The standard InChI is InChI=1S/C40H34O/c41-37-23-21-34(22-24-37)40-38(27-32-17-9-3-10-18-32)35(25-30-13-5-1-6-14-30)29-36(26-31-15-7-2-8-16-31)39(40)28-33-19-11-4-12-20-33/h1-24,29,41H,25-28H2. The average molecular weight is 531 g/mol. The van der Waals surface area contributed by atoms with Gasteiger partial charge in [0.15, 0.2) is 0 Å². The molecule has 0 heterocycles. The highest BCUT2D eigenvalue weighted by atomic mass is 16.3. The van der Waals surface area contributed by atoms with Gasteiger partial charge in [0.2, 0.25) is 0 Å². The van der Waals surface area contributed by atoms with Gasteiger partial charge in [-0.05, 0) is 93.5 Å². The molecule has 0 saturated heterocycles. The van der Waals surface area contributed by atoms with Crippen molar-refractivity contribution in [3.05, 3.63) is 196 Å². The van der Waals surface area contributed by atoms with Gasteiger partial charge in [0, 0.05) is 0 Å². The molecule has 41 heavy (non-hydrogen) atoms. The molecular weight excluding hydrogens is 496 g/mol. The maximum Gasteiger partial charge on any atom is 0.115 e. The van der Waals surface area contributed by atoms with Crippen molar-refractivity contribution in [3.8, 4) is 16.9 Å². The van der Waals surface area contributed by atoms with E-state index in [1.165, 1.54) is 50.1 Å². The van der Waals surface area contributed by atoms with Gasteiger partial charge in [-0.15, -0.1) is 0 Å². The van der Waals surface area contributed by atoms with Gasteiger partial charge in [0.25, 0.3) is 0 Å². The van der Waals surface area contributed by atoms with Crippen LogP contribution >= 0.6 is 0 Å². The molecule has 0 unspecified atom stereocenters. The second-order valence-electron chi connectivity index (χ2n) is 10.7. The van der Waals surface area contributed by atoms with Crippen LogP contribution in [0.5, 0.6) is 5.75 Å². The number of aromatic hydroxyl groups is 1. The highest BCUT2D eigenvalue weighted by Crippen LogP contribution is 2.38. The molecule has 0 bridgehead atoms. The normalized spacial score (nSPS) is 10.9. The second-order valence-corrected chi connectivity index (χ2v) is 10.7. The molecule has 0 aliphatic carbocycles. The third kappa shape index (κ3) is 6.48. The van der Waals surface area contributed by atoms with E-state index in [1.54, 1.807) is 0 Å². The summed E-state index contributed by atoms with van der Waals surface area (Å²) in [5.74, 6) is 0.285. The molecule has 6 rings (SSSR count). The lowest BCUT2D eigenvalue weighted by molar-refractivity contribution is 0.475. The fourth-order valence-corrected chi connectivity index (χ4v) is 5.82. The summed E-state index contributed by atoms with van der Waals surface area (Å²) >= 11 is 0. The maximum absolute atomic E-state index is 10.2. The van der Waals surface area contributed by atoms with Crippen molar-refractivity contribution in [1.29, 1.82) is 0 Å². The smallest absolute Gasteiger partial charge is 0.115 e. The first-order valence-corrected chi connectivity index (χ1v) is 14.3. The van der Waals surface area contributed by atoms with Crippen molar-refractivity contribution in [2.24, 2.45) is 0 Å². The van der Waals surface area contributed by atoms with E-state index in [9.17, 15) is 5.11 Å². The molecule has 1 heteroatoms. The van der Waals surface area contributed by atoms with Crippen molar-refractivity contribution < 1.29 is 5.11 Å². The molecule has 0 radical (unpaired) electrons. The molecule has 1 N–H and O–H groups in total. The lowest BCUT2D eigenvalue weighted by Crippen LogP contribution is -2.09. The molecular formula is C40H34O. The van der Waals surface area contributed by atoms with Crippen LogP contribution in [0.4, 0.5) is 0 Å². The van der Waals surface area contributed by atoms with Crippen LogP contribution < -0.4 is 0 Å². The van der Waals surface area contributed by atoms with Crippen LogP contribution in [0.15, 0.2) is 152 Å². The van der Waals surface area contributed by atoms with Crippen molar-refractivity contribution in [1.82, 2.24) is 0 Å². The SMILES string of the molecule is Oc1ccc(-c2c(Cc3ccccc3)c(Cc3ccccc3)cc(Cc3ccccc3)c2Cc2ccccc2)cc1. The van der Waals surface area contributed by atoms with E-state index < -0.39 is 0 Å². The summed E-state index contributed by atoms with van der Waals surface area (Å²) < 4.78 is 0. The first kappa shape index (κ1) is 26.3. The molecule has 0 amide bonds. The zero-order valence-electron chi connectivity index (χ0n) is 23.2. The van der Waals surface area contributed by atoms with Gasteiger partial charge in [0.05, 0.1) is 0 Å². The predicted octanol–water partition coefficient (Wildman–Crippen LogP) is 9.42. The van der Waals surface area contributed by atoms with Crippen LogP contribution in [-0.4, -0.2) is 5.11 Å². The molecule has 0 aromatic heterocycles. The summed E-state index contributed by atoms with van der Waals surface area (Å²) in [4.78, 5) is 0. The van der Waals surface area contributed by atoms with Crippen LogP contribution in [0, 0.1) is 0 Å². The van der Waals surface area contributed by atoms with Gasteiger partial charge in [-0.3, -0.25) is 0 Å². The maximum atomic E-state index is 10.2. The quantitative estimate of drug-likeness (QED) is 0.197. The van der Waals surface area contributed by atoms with Crippen molar-refractivity contribution in [2.45, 2.75) is 25.7 Å². The predicted molar refractivity (Wildman–Crippen MR) is 171 cm³/mol. The first-order chi connectivity index (χ1) is 20.2. The van der Waals surface area contributed by atoms with E-state index in [2.05, 4.69) is 140 Å². The third-order valence-corrected chi connectivity index (χ3v) is 7.81. The van der Waals surface area contributed by atoms with Crippen molar-refractivity contribution in [2.75, 3.05) is 0 Å². The Morgan fingerprint density at radius 3 is 1.07 bits per heavy atom. The Morgan fingerprint density at radius 2 is 0.707 bits per heavy atom. The van der Waals surface area contributed by atoms with Gasteiger partial charge < -0.3 is 5.11 Å². The Hall–Kier alpha value is -4.88. The molecule has 0 saturated carbocycles. The fraction of sp³-hybridized carbons (Fsp3) is 0.100. The molecule has 6 aromatic carbocycles. The summed E-state index contributed by atoms with van der Waals surface area (Å²) in [6.45, 7) is 0. The molecule has 0 atom stereocenters. The summed E-state index contributed by atoms with van der Waals surface area (Å²) in [6.07, 6.45) is 3.41. The number of phenolic OH excluding ortho intramolecular Hbond substituents is 1. The lowest BCUT2D eigenvalue weighted by atomic mass is 9.80. The molecule has 200 valence electrons. The molecule has 6 aromatic rings. The van der Waals surface area contributed by atoms with Crippen LogP contribution in [0.25, 0.3) is 11.1 Å². The molecule has 1 nitrogen and oxygen atoms in total. The van der Waals surface area contributed by atoms with E-state index >= 15 is 0 Å². The number of benzene rings is 6. The monoisotopic (exact) mass is 530 g/mol. The average Bonchev–Trinajstić information content (AvgIpc) is 3.02. The van der Waals surface area contributed by atoms with Crippen molar-refractivity contribution >= 4 is 0 Å². The zero-order chi connectivity index (χ0) is 27.9. The van der Waals surface area contributed by atoms with E-state index in [4.69, 9.17) is 0 Å². The minimum Gasteiger partial charge on any atom is -0.508 e. The Kier molecular flexibility index (Phi) is 8.05. The zero-order valence-corrected chi connectivity index (χ0v) is 23.2. The van der Waals surface area contributed by atoms with Crippen LogP contribution in [0.3, 0.4) is 0 Å². The van der Waals surface area contributed by atoms with Crippen LogP contribution in [-0.2, 0) is 25.7 Å². The van der Waals surface area contributed by atoms with Crippen LogP contribution in [0.1, 0.15) is 44.5 Å². The highest BCUT2D eigenvalue weighted by molar-refractivity contribution is 5.76. The fourth-order valence-electron chi connectivity index (χ4n) is 5.82. The summed E-state index contributed by atoms with van der Waals surface area (Å²) in [5.41, 5.74) is 13.0. The minimum absolute atomic E-state index is 0.285. The number of hydrogen-bond donors (Lipinski definition) is 1. The molecule has 0 aliphatic heterocycles. The number of hydrogen-bond acceptors (Lipinski definition) is 1. The van der Waals surface area contributed by atoms with E-state index in [-0.39, 0.29) is 5.75 Å². The third-order valence-electron chi connectivity index (χ3n) is 7.81. The van der Waals surface area contributed by atoms with E-state index in [0.717, 1.165) is 31.2 Å². The van der Waals surface area contributed by atoms with Gasteiger partial charge in [0.1, 0.15) is 5.75 Å². The molecule has 0 fully saturated rings. The lowest BCUT2D eigenvalue weighted by Gasteiger charge is -2.24. The van der Waals surface area contributed by atoms with Crippen molar-refractivity contribution in [3.63, 3.8) is 0 Å².